The standard InChI is InChI=1S/C20H20N2O4/c1-2-3-13-24-17-11-9-16(10-12-17)20(23)25-14-18-21-22-19(26-18)15-7-5-4-6-8-15/h4-12H,2-3,13-14H2,1H3. The summed E-state index contributed by atoms with van der Waals surface area (Å²) in [6, 6.07) is 16.3. The molecule has 134 valence electrons. The van der Waals surface area contributed by atoms with Gasteiger partial charge in [0.25, 0.3) is 5.89 Å². The largest absolute Gasteiger partial charge is 0.494 e. The molecule has 0 N–H and O–H groups in total. The molecule has 0 radical (unpaired) electrons. The molecule has 0 aliphatic carbocycles. The summed E-state index contributed by atoms with van der Waals surface area (Å²) in [5.41, 5.74) is 1.26. The minimum absolute atomic E-state index is 0.0760. The van der Waals surface area contributed by atoms with E-state index in [4.69, 9.17) is 13.9 Å². The maximum Gasteiger partial charge on any atom is 0.338 e. The molecule has 0 atom stereocenters. The zero-order valence-corrected chi connectivity index (χ0v) is 14.6. The van der Waals surface area contributed by atoms with Gasteiger partial charge in [-0.2, -0.15) is 0 Å². The molecule has 6 heteroatoms. The molecule has 0 unspecified atom stereocenters. The summed E-state index contributed by atoms with van der Waals surface area (Å²) in [5.74, 6) is 0.922. The number of ether oxygens (including phenoxy) is 2. The fourth-order valence-corrected chi connectivity index (χ4v) is 2.24. The molecular weight excluding hydrogens is 332 g/mol. The number of aromatic nitrogens is 2. The van der Waals surface area contributed by atoms with E-state index in [-0.39, 0.29) is 12.5 Å². The molecule has 26 heavy (non-hydrogen) atoms. The first kappa shape index (κ1) is 17.7. The molecule has 1 heterocycles. The maximum atomic E-state index is 12.1. The van der Waals surface area contributed by atoms with Crippen LogP contribution in [0.25, 0.3) is 11.5 Å². The second-order valence-corrected chi connectivity index (χ2v) is 5.67. The number of rotatable bonds is 8. The van der Waals surface area contributed by atoms with E-state index in [0.29, 0.717) is 18.1 Å². The van der Waals surface area contributed by atoms with E-state index in [9.17, 15) is 4.79 Å². The number of carbonyl (C=O) groups excluding carboxylic acids is 1. The van der Waals surface area contributed by atoms with Gasteiger partial charge >= 0.3 is 5.97 Å². The van der Waals surface area contributed by atoms with Crippen molar-refractivity contribution >= 4 is 5.97 Å². The van der Waals surface area contributed by atoms with Crippen LogP contribution >= 0.6 is 0 Å². The average Bonchev–Trinajstić information content (AvgIpc) is 3.17. The number of esters is 1. The summed E-state index contributed by atoms with van der Waals surface area (Å²) in [6.45, 7) is 2.70. The van der Waals surface area contributed by atoms with Crippen LogP contribution in [0.15, 0.2) is 59.0 Å². The third kappa shape index (κ3) is 4.69. The molecule has 0 aliphatic rings. The van der Waals surface area contributed by atoms with E-state index in [2.05, 4.69) is 17.1 Å². The Morgan fingerprint density at radius 1 is 1.04 bits per heavy atom. The summed E-state index contributed by atoms with van der Waals surface area (Å²) in [6.07, 6.45) is 2.07. The van der Waals surface area contributed by atoms with Crippen LogP contribution in [-0.4, -0.2) is 22.8 Å². The lowest BCUT2D eigenvalue weighted by Crippen LogP contribution is -2.05. The van der Waals surface area contributed by atoms with Crippen molar-refractivity contribution in [1.82, 2.24) is 10.2 Å². The van der Waals surface area contributed by atoms with Crippen molar-refractivity contribution in [2.45, 2.75) is 26.4 Å². The number of nitrogens with zero attached hydrogens (tertiary/aromatic N) is 2. The first-order valence-electron chi connectivity index (χ1n) is 8.54. The lowest BCUT2D eigenvalue weighted by molar-refractivity contribution is 0.0438. The molecule has 1 aromatic heterocycles. The predicted molar refractivity (Wildman–Crippen MR) is 95.7 cm³/mol. The van der Waals surface area contributed by atoms with Crippen LogP contribution in [0, 0.1) is 0 Å². The van der Waals surface area contributed by atoms with Crippen LogP contribution in [0.5, 0.6) is 5.75 Å². The Balaban J connectivity index is 1.53. The van der Waals surface area contributed by atoms with Crippen molar-refractivity contribution in [3.8, 4) is 17.2 Å². The third-order valence-corrected chi connectivity index (χ3v) is 3.67. The number of unbranched alkanes of at least 4 members (excludes halogenated alkanes) is 1. The minimum Gasteiger partial charge on any atom is -0.494 e. The summed E-state index contributed by atoms with van der Waals surface area (Å²) in [5, 5.41) is 7.86. The van der Waals surface area contributed by atoms with Crippen LogP contribution in [0.1, 0.15) is 36.0 Å². The Morgan fingerprint density at radius 3 is 2.54 bits per heavy atom. The van der Waals surface area contributed by atoms with E-state index >= 15 is 0 Å². The van der Waals surface area contributed by atoms with Crippen LogP contribution in [0.3, 0.4) is 0 Å². The van der Waals surface area contributed by atoms with E-state index in [0.717, 1.165) is 24.2 Å². The van der Waals surface area contributed by atoms with Gasteiger partial charge in [0.05, 0.1) is 12.2 Å². The molecule has 3 rings (SSSR count). The molecule has 6 nitrogen and oxygen atoms in total. The van der Waals surface area contributed by atoms with Crippen molar-refractivity contribution in [2.75, 3.05) is 6.61 Å². The second kappa shape index (κ2) is 8.80. The normalized spacial score (nSPS) is 10.5. The Hall–Kier alpha value is -3.15. The molecule has 0 aliphatic heterocycles. The molecular formula is C20H20N2O4. The second-order valence-electron chi connectivity index (χ2n) is 5.67. The van der Waals surface area contributed by atoms with Crippen molar-refractivity contribution in [3.63, 3.8) is 0 Å². The average molecular weight is 352 g/mol. The highest BCUT2D eigenvalue weighted by molar-refractivity contribution is 5.89. The lowest BCUT2D eigenvalue weighted by atomic mass is 10.2. The molecule has 0 spiro atoms. The summed E-state index contributed by atoms with van der Waals surface area (Å²) < 4.78 is 16.3. The van der Waals surface area contributed by atoms with Gasteiger partial charge in [-0.05, 0) is 42.8 Å². The van der Waals surface area contributed by atoms with E-state index in [1.165, 1.54) is 0 Å². The Morgan fingerprint density at radius 2 is 1.81 bits per heavy atom. The highest BCUT2D eigenvalue weighted by Crippen LogP contribution is 2.18. The molecule has 0 saturated carbocycles. The lowest BCUT2D eigenvalue weighted by Gasteiger charge is -2.06. The van der Waals surface area contributed by atoms with Gasteiger partial charge < -0.3 is 13.9 Å². The van der Waals surface area contributed by atoms with Gasteiger partial charge in [-0.3, -0.25) is 0 Å². The Kier molecular flexibility index (Phi) is 5.98. The van der Waals surface area contributed by atoms with Gasteiger partial charge in [0.1, 0.15) is 5.75 Å². The molecule has 2 aromatic carbocycles. The maximum absolute atomic E-state index is 12.1. The zero-order valence-electron chi connectivity index (χ0n) is 14.6. The monoisotopic (exact) mass is 352 g/mol. The van der Waals surface area contributed by atoms with Gasteiger partial charge in [0.2, 0.25) is 5.89 Å². The van der Waals surface area contributed by atoms with Gasteiger partial charge in [-0.15, -0.1) is 10.2 Å². The first-order valence-corrected chi connectivity index (χ1v) is 8.54. The fourth-order valence-electron chi connectivity index (χ4n) is 2.24. The molecule has 3 aromatic rings. The van der Waals surface area contributed by atoms with Crippen molar-refractivity contribution < 1.29 is 18.7 Å². The molecule has 0 saturated heterocycles. The Bertz CT molecular complexity index is 829. The van der Waals surface area contributed by atoms with Crippen LogP contribution in [0.4, 0.5) is 0 Å². The zero-order chi connectivity index (χ0) is 18.2. The van der Waals surface area contributed by atoms with Gasteiger partial charge in [-0.25, -0.2) is 4.79 Å². The SMILES string of the molecule is CCCCOc1ccc(C(=O)OCc2nnc(-c3ccccc3)o2)cc1. The van der Waals surface area contributed by atoms with Gasteiger partial charge in [-0.1, -0.05) is 31.5 Å². The molecule has 0 fully saturated rings. The summed E-state index contributed by atoms with van der Waals surface area (Å²) >= 11 is 0. The van der Waals surface area contributed by atoms with E-state index < -0.39 is 5.97 Å². The van der Waals surface area contributed by atoms with E-state index in [1.807, 2.05) is 30.3 Å². The molecule has 0 bridgehead atoms. The number of hydrogen-bond donors (Lipinski definition) is 0. The summed E-state index contributed by atoms with van der Waals surface area (Å²) in [7, 11) is 0. The molecule has 0 amide bonds. The van der Waals surface area contributed by atoms with Crippen LogP contribution in [0.2, 0.25) is 0 Å². The topological polar surface area (TPSA) is 74.5 Å². The van der Waals surface area contributed by atoms with Crippen molar-refractivity contribution in [3.05, 3.63) is 66.1 Å². The van der Waals surface area contributed by atoms with Crippen LogP contribution < -0.4 is 4.74 Å². The van der Waals surface area contributed by atoms with Crippen LogP contribution in [-0.2, 0) is 11.3 Å². The van der Waals surface area contributed by atoms with Crippen molar-refractivity contribution in [1.29, 1.82) is 0 Å². The number of carbonyl (C=O) groups is 1. The number of benzene rings is 2. The van der Waals surface area contributed by atoms with Gasteiger partial charge in [0.15, 0.2) is 6.61 Å². The Labute approximate surface area is 151 Å². The first-order chi connectivity index (χ1) is 12.8. The predicted octanol–water partition coefficient (Wildman–Crippen LogP) is 4.27. The smallest absolute Gasteiger partial charge is 0.338 e. The minimum atomic E-state index is -0.454. The number of hydrogen-bond acceptors (Lipinski definition) is 6. The quantitative estimate of drug-likeness (QED) is 0.445. The van der Waals surface area contributed by atoms with E-state index in [1.54, 1.807) is 24.3 Å². The summed E-state index contributed by atoms with van der Waals surface area (Å²) in [4.78, 5) is 12.1. The highest BCUT2D eigenvalue weighted by Gasteiger charge is 2.12. The van der Waals surface area contributed by atoms with Gasteiger partial charge in [0, 0.05) is 5.56 Å². The highest BCUT2D eigenvalue weighted by atomic mass is 16.5. The fraction of sp³-hybridized carbons (Fsp3) is 0.250. The third-order valence-electron chi connectivity index (χ3n) is 3.67. The van der Waals surface area contributed by atoms with Crippen molar-refractivity contribution in [2.24, 2.45) is 0 Å².